The summed E-state index contributed by atoms with van der Waals surface area (Å²) >= 11 is 13.4. The monoisotopic (exact) mass is 728 g/mol. The van der Waals surface area contributed by atoms with Crippen LogP contribution in [0.3, 0.4) is 0 Å². The number of rotatable bonds is 10. The van der Waals surface area contributed by atoms with Gasteiger partial charge in [-0.15, -0.1) is 11.6 Å². The summed E-state index contributed by atoms with van der Waals surface area (Å²) in [6.07, 6.45) is -0.701. The normalized spacial score (nSPS) is 22.1. The number of methoxy groups -OCH3 is 3. The summed E-state index contributed by atoms with van der Waals surface area (Å²) in [6.45, 7) is 0.144. The first-order chi connectivity index (χ1) is 23.6. The van der Waals surface area contributed by atoms with E-state index >= 15 is 0 Å². The first-order valence-electron chi connectivity index (χ1n) is 15.1. The van der Waals surface area contributed by atoms with E-state index in [1.54, 1.807) is 24.3 Å². The highest BCUT2D eigenvalue weighted by Gasteiger charge is 2.64. The Morgan fingerprint density at radius 3 is 2.08 bits per heavy atom. The maximum atomic E-state index is 13.7. The van der Waals surface area contributed by atoms with Crippen LogP contribution in [0.25, 0.3) is 0 Å². The van der Waals surface area contributed by atoms with Crippen molar-refractivity contribution in [3.8, 4) is 34.5 Å². The number of fused-ring (bicyclic) bond motifs is 3. The van der Waals surface area contributed by atoms with Gasteiger partial charge in [0.05, 0.1) is 46.6 Å². The quantitative estimate of drug-likeness (QED) is 0.102. The molecule has 4 aromatic carbocycles. The van der Waals surface area contributed by atoms with Crippen LogP contribution in [0.5, 0.6) is 34.5 Å². The summed E-state index contributed by atoms with van der Waals surface area (Å²) in [5, 5.41) is 0.408. The molecule has 2 aliphatic heterocycles. The molecule has 11 nitrogen and oxygen atoms in total. The number of benzene rings is 4. The van der Waals surface area contributed by atoms with Gasteiger partial charge in [0.15, 0.2) is 27.9 Å². The van der Waals surface area contributed by atoms with Gasteiger partial charge in [-0.2, -0.15) is 8.42 Å². The Kier molecular flexibility index (Phi) is 8.68. The van der Waals surface area contributed by atoms with Gasteiger partial charge >= 0.3 is 16.1 Å². The van der Waals surface area contributed by atoms with Gasteiger partial charge in [0.2, 0.25) is 12.5 Å². The SMILES string of the molecule is COc1cc([C@@H]2c3cc4c(cc3[C@H](OCc3ccc(OS(=O)(=O)c5ccc(Cl)cc5)cc3)[C@H]3COC(=O)[C@]23Cl)OCO4)cc(OC)c1OC. The van der Waals surface area contributed by atoms with E-state index < -0.39 is 38.9 Å². The van der Waals surface area contributed by atoms with Gasteiger partial charge in [-0.25, -0.2) is 0 Å². The summed E-state index contributed by atoms with van der Waals surface area (Å²) in [6, 6.07) is 19.4. The Morgan fingerprint density at radius 1 is 0.837 bits per heavy atom. The number of cyclic esters (lactones) is 1. The molecular weight excluding hydrogens is 699 g/mol. The minimum atomic E-state index is -4.07. The second-order valence-electron chi connectivity index (χ2n) is 11.6. The molecule has 49 heavy (non-hydrogen) atoms. The van der Waals surface area contributed by atoms with E-state index in [2.05, 4.69) is 0 Å². The molecule has 1 aliphatic carbocycles. The van der Waals surface area contributed by atoms with Crippen molar-refractivity contribution < 1.29 is 50.6 Å². The molecule has 0 bridgehead atoms. The Bertz CT molecular complexity index is 1990. The lowest BCUT2D eigenvalue weighted by Crippen LogP contribution is -2.48. The molecule has 7 rings (SSSR count). The predicted molar refractivity (Wildman–Crippen MR) is 177 cm³/mol. The van der Waals surface area contributed by atoms with E-state index in [1.807, 2.05) is 12.1 Å². The van der Waals surface area contributed by atoms with Crippen LogP contribution >= 0.6 is 23.2 Å². The fraction of sp³-hybridized carbons (Fsp3) is 0.286. The molecule has 0 N–H and O–H groups in total. The van der Waals surface area contributed by atoms with Crippen LogP contribution < -0.4 is 27.9 Å². The lowest BCUT2D eigenvalue weighted by atomic mass is 9.65. The molecule has 4 atom stereocenters. The highest BCUT2D eigenvalue weighted by Crippen LogP contribution is 2.61. The second-order valence-corrected chi connectivity index (χ2v) is 14.2. The van der Waals surface area contributed by atoms with Gasteiger partial charge in [-0.05, 0) is 82.9 Å². The summed E-state index contributed by atoms with van der Waals surface area (Å²) < 4.78 is 71.3. The zero-order valence-corrected chi connectivity index (χ0v) is 28.8. The number of alkyl halides is 1. The number of carbonyl (C=O) groups is 1. The summed E-state index contributed by atoms with van der Waals surface area (Å²) in [5.41, 5.74) is 2.79. The number of esters is 1. The maximum absolute atomic E-state index is 13.7. The van der Waals surface area contributed by atoms with Gasteiger partial charge < -0.3 is 37.3 Å². The third-order valence-corrected chi connectivity index (χ3v) is 11.1. The fourth-order valence-electron chi connectivity index (χ4n) is 6.60. The lowest BCUT2D eigenvalue weighted by molar-refractivity contribution is -0.140. The molecule has 14 heteroatoms. The minimum Gasteiger partial charge on any atom is -0.493 e. The van der Waals surface area contributed by atoms with Gasteiger partial charge in [0.1, 0.15) is 10.6 Å². The number of ether oxygens (including phenoxy) is 7. The highest BCUT2D eigenvalue weighted by molar-refractivity contribution is 7.87. The van der Waals surface area contributed by atoms with Crippen LogP contribution in [0.4, 0.5) is 0 Å². The predicted octanol–water partition coefficient (Wildman–Crippen LogP) is 6.42. The number of carbonyl (C=O) groups excluding carboxylic acids is 1. The molecule has 0 aromatic heterocycles. The Morgan fingerprint density at radius 2 is 1.47 bits per heavy atom. The first-order valence-corrected chi connectivity index (χ1v) is 17.2. The molecule has 3 aliphatic rings. The van der Waals surface area contributed by atoms with Gasteiger partial charge in [-0.1, -0.05) is 23.7 Å². The van der Waals surface area contributed by atoms with Gasteiger partial charge in [0.25, 0.3) is 0 Å². The number of halogens is 2. The van der Waals surface area contributed by atoms with E-state index in [9.17, 15) is 13.2 Å². The number of hydrogen-bond acceptors (Lipinski definition) is 11. The van der Waals surface area contributed by atoms with E-state index in [1.165, 1.54) is 57.7 Å². The molecule has 0 unspecified atom stereocenters. The Hall–Kier alpha value is -4.36. The van der Waals surface area contributed by atoms with E-state index in [0.29, 0.717) is 44.9 Å². The van der Waals surface area contributed by atoms with Crippen molar-refractivity contribution in [1.29, 1.82) is 0 Å². The fourth-order valence-corrected chi connectivity index (χ4v) is 8.13. The van der Waals surface area contributed by atoms with Crippen molar-refractivity contribution in [3.05, 3.63) is 100 Å². The van der Waals surface area contributed by atoms with E-state index in [-0.39, 0.29) is 30.7 Å². The highest BCUT2D eigenvalue weighted by atomic mass is 35.5. The minimum absolute atomic E-state index is 0.0111. The smallest absolute Gasteiger partial charge is 0.339 e. The summed E-state index contributed by atoms with van der Waals surface area (Å²) in [4.78, 5) is 12.1. The summed E-state index contributed by atoms with van der Waals surface area (Å²) in [7, 11) is 0.465. The first kappa shape index (κ1) is 33.2. The van der Waals surface area contributed by atoms with Crippen LogP contribution in [0, 0.1) is 5.92 Å². The van der Waals surface area contributed by atoms with Crippen LogP contribution in [0.15, 0.2) is 77.7 Å². The zero-order chi connectivity index (χ0) is 34.5. The maximum Gasteiger partial charge on any atom is 0.339 e. The molecule has 1 saturated heterocycles. The van der Waals surface area contributed by atoms with Gasteiger partial charge in [0, 0.05) is 10.9 Å². The third kappa shape index (κ3) is 5.76. The standard InChI is InChI=1S/C35H30Cl2O11S/c1-41-29-12-20(13-30(42-2)33(29)43-3)31-24-14-27-28(47-18-46-27)15-25(24)32(26-17-45-34(38)35(26,31)37)44-16-19-4-8-22(9-5-19)48-49(39,40)23-10-6-21(36)7-11-23/h4-15,26,31-32H,16-18H2,1-3H3/t26-,31-,32+,35-/m1/s1. The van der Waals surface area contributed by atoms with Crippen molar-refractivity contribution in [2.75, 3.05) is 34.7 Å². The molecule has 2 heterocycles. The molecule has 0 saturated carbocycles. The second kappa shape index (κ2) is 12.8. The average molecular weight is 730 g/mol. The molecule has 0 spiro atoms. The van der Waals surface area contributed by atoms with Crippen molar-refractivity contribution in [2.24, 2.45) is 5.92 Å². The molecule has 1 fully saturated rings. The van der Waals surface area contributed by atoms with Crippen molar-refractivity contribution in [3.63, 3.8) is 0 Å². The Balaban J connectivity index is 1.23. The topological polar surface area (TPSA) is 125 Å². The van der Waals surface area contributed by atoms with Crippen molar-refractivity contribution in [2.45, 2.75) is 28.4 Å². The Labute approximate surface area is 292 Å². The molecular formula is C35H30Cl2O11S. The van der Waals surface area contributed by atoms with Crippen molar-refractivity contribution >= 4 is 39.3 Å². The molecule has 4 aromatic rings. The lowest BCUT2D eigenvalue weighted by Gasteiger charge is -2.43. The summed E-state index contributed by atoms with van der Waals surface area (Å²) in [5.74, 6) is 0.413. The van der Waals surface area contributed by atoms with Crippen LogP contribution in [-0.2, 0) is 31.0 Å². The molecule has 0 radical (unpaired) electrons. The van der Waals surface area contributed by atoms with E-state index in [4.69, 9.17) is 60.5 Å². The number of hydrogen-bond donors (Lipinski definition) is 0. The van der Waals surface area contributed by atoms with Crippen LogP contribution in [0.1, 0.15) is 34.3 Å². The zero-order valence-electron chi connectivity index (χ0n) is 26.4. The van der Waals surface area contributed by atoms with E-state index in [0.717, 1.165) is 11.1 Å². The van der Waals surface area contributed by atoms with Gasteiger partial charge in [-0.3, -0.25) is 4.79 Å². The largest absolute Gasteiger partial charge is 0.493 e. The van der Waals surface area contributed by atoms with Crippen LogP contribution in [0.2, 0.25) is 5.02 Å². The average Bonchev–Trinajstić information content (AvgIpc) is 3.68. The van der Waals surface area contributed by atoms with Crippen molar-refractivity contribution in [1.82, 2.24) is 0 Å². The molecule has 256 valence electrons. The third-order valence-electron chi connectivity index (χ3n) is 8.91. The van der Waals surface area contributed by atoms with Crippen LogP contribution in [-0.4, -0.2) is 54.0 Å². The molecule has 0 amide bonds.